The standard InChI is InChI=1S/C34H31N2O.C18H24GeN.Ir/c1-21(2)27-18-25(24-11-7-6-8-12-24)19-28(22(3)4)33(27)36-31-14-10-9-13-30(31)35-34(36)29-20-37-32-17-23(5)15-16-26(29)32;1-14(2)11-16-12-18(15-9-7-6-8-10-15)20-13-17(16)19(3,4)5;/h6-19,21-22H,1-5H3;6-9,12-14H,11H2,1-5H3;/q2*-1;. The Kier molecular flexibility index (Phi) is 13.5. The summed E-state index contributed by atoms with van der Waals surface area (Å²) in [5, 5.41) is 1.03. The molecule has 4 nitrogen and oxygen atoms in total. The number of aromatic nitrogens is 3. The van der Waals surface area contributed by atoms with E-state index in [0.717, 1.165) is 56.6 Å². The molecule has 8 rings (SSSR count). The van der Waals surface area contributed by atoms with Crippen LogP contribution in [0.1, 0.15) is 75.6 Å². The number of pyridine rings is 1. The Morgan fingerprint density at radius 3 is 2.05 bits per heavy atom. The minimum Gasteiger partial charge on any atom is -0.557 e. The zero-order valence-electron chi connectivity index (χ0n) is 35.6. The van der Waals surface area contributed by atoms with Crippen molar-refractivity contribution in [3.8, 4) is 39.5 Å². The smallest absolute Gasteiger partial charge is 0.0774 e. The molecule has 0 spiro atoms. The topological polar surface area (TPSA) is 43.9 Å². The van der Waals surface area contributed by atoms with Crippen LogP contribution in [-0.4, -0.2) is 27.8 Å². The van der Waals surface area contributed by atoms with Crippen molar-refractivity contribution >= 4 is 39.7 Å². The van der Waals surface area contributed by atoms with Gasteiger partial charge in [-0.3, -0.25) is 4.98 Å². The zero-order valence-corrected chi connectivity index (χ0v) is 40.1. The van der Waals surface area contributed by atoms with Crippen molar-refractivity contribution in [3.05, 3.63) is 156 Å². The van der Waals surface area contributed by atoms with E-state index >= 15 is 0 Å². The maximum atomic E-state index is 5.93. The summed E-state index contributed by atoms with van der Waals surface area (Å²) in [6, 6.07) is 43.7. The first-order valence-corrected chi connectivity index (χ1v) is 27.7. The molecule has 0 saturated heterocycles. The summed E-state index contributed by atoms with van der Waals surface area (Å²) in [6.07, 6.45) is 6.48. The third-order valence-electron chi connectivity index (χ3n) is 10.6. The van der Waals surface area contributed by atoms with Gasteiger partial charge in [0.1, 0.15) is 0 Å². The Labute approximate surface area is 361 Å². The number of nitrogens with zero attached hydrogens (tertiary/aromatic N) is 3. The van der Waals surface area contributed by atoms with Crippen molar-refractivity contribution in [1.29, 1.82) is 0 Å². The van der Waals surface area contributed by atoms with Crippen LogP contribution >= 0.6 is 0 Å². The third kappa shape index (κ3) is 9.18. The van der Waals surface area contributed by atoms with Crippen molar-refractivity contribution in [2.75, 3.05) is 0 Å². The van der Waals surface area contributed by atoms with Gasteiger partial charge in [0.25, 0.3) is 0 Å². The van der Waals surface area contributed by atoms with Gasteiger partial charge in [0.2, 0.25) is 0 Å². The largest absolute Gasteiger partial charge is 0.557 e. The van der Waals surface area contributed by atoms with Crippen LogP contribution in [0.5, 0.6) is 0 Å². The van der Waals surface area contributed by atoms with Crippen LogP contribution in [0.4, 0.5) is 0 Å². The summed E-state index contributed by atoms with van der Waals surface area (Å²) >= 11 is -1.86. The van der Waals surface area contributed by atoms with Crippen LogP contribution in [0.2, 0.25) is 17.3 Å². The first-order valence-electron chi connectivity index (χ1n) is 20.4. The molecule has 0 atom stereocenters. The first kappa shape index (κ1) is 43.0. The molecule has 0 unspecified atom stereocenters. The number of furan rings is 1. The zero-order chi connectivity index (χ0) is 40.4. The number of hydrogen-bond donors (Lipinski definition) is 0. The molecule has 0 N–H and O–H groups in total. The van der Waals surface area contributed by atoms with Gasteiger partial charge in [-0.2, -0.15) is 0 Å². The van der Waals surface area contributed by atoms with Crippen molar-refractivity contribution in [3.63, 3.8) is 0 Å². The normalized spacial score (nSPS) is 11.7. The predicted octanol–water partition coefficient (Wildman–Crippen LogP) is 13.8. The van der Waals surface area contributed by atoms with Crippen LogP contribution < -0.4 is 4.40 Å². The maximum Gasteiger partial charge on any atom is 0.0774 e. The monoisotopic (exact) mass is 1000 g/mol. The second kappa shape index (κ2) is 18.2. The molecule has 0 bridgehead atoms. The Morgan fingerprint density at radius 1 is 0.741 bits per heavy atom. The van der Waals surface area contributed by atoms with Crippen LogP contribution in [0.15, 0.2) is 126 Å². The van der Waals surface area contributed by atoms with Crippen molar-refractivity contribution in [2.24, 2.45) is 5.92 Å². The first-order chi connectivity index (χ1) is 27.3. The van der Waals surface area contributed by atoms with Crippen LogP contribution in [0.3, 0.4) is 0 Å². The van der Waals surface area contributed by atoms with Gasteiger partial charge in [-0.15, -0.1) is 6.07 Å². The van der Waals surface area contributed by atoms with Crippen LogP contribution in [-0.2, 0) is 26.5 Å². The number of aryl methyl sites for hydroxylation is 1. The molecule has 3 heterocycles. The quantitative estimate of drug-likeness (QED) is 0.107. The number of fused-ring (bicyclic) bond motifs is 2. The summed E-state index contributed by atoms with van der Waals surface area (Å²) in [4.78, 5) is 9.86. The minimum atomic E-state index is -1.86. The van der Waals surface area contributed by atoms with E-state index in [0.29, 0.717) is 17.8 Å². The predicted molar refractivity (Wildman–Crippen MR) is 243 cm³/mol. The van der Waals surface area contributed by atoms with E-state index in [4.69, 9.17) is 14.4 Å². The van der Waals surface area contributed by atoms with Crippen LogP contribution in [0.25, 0.3) is 61.5 Å². The Balaban J connectivity index is 0.000000230. The molecule has 0 aliphatic heterocycles. The summed E-state index contributed by atoms with van der Waals surface area (Å²) in [6.45, 7) is 15.8. The molecule has 0 saturated carbocycles. The number of rotatable bonds is 9. The van der Waals surface area contributed by atoms with Crippen molar-refractivity contribution in [2.45, 2.75) is 84.0 Å². The van der Waals surface area contributed by atoms with E-state index in [9.17, 15) is 0 Å². The number of hydrogen-bond acceptors (Lipinski definition) is 3. The Hall–Kier alpha value is -4.55. The van der Waals surface area contributed by atoms with Gasteiger partial charge in [-0.25, -0.2) is 0 Å². The molecule has 6 heteroatoms. The van der Waals surface area contributed by atoms with Crippen LogP contribution in [0, 0.1) is 25.2 Å². The Morgan fingerprint density at radius 2 is 1.41 bits per heavy atom. The van der Waals surface area contributed by atoms with E-state index in [2.05, 4.69) is 186 Å². The summed E-state index contributed by atoms with van der Waals surface area (Å²) in [7, 11) is 0. The van der Waals surface area contributed by atoms with E-state index < -0.39 is 13.3 Å². The molecule has 299 valence electrons. The van der Waals surface area contributed by atoms with Gasteiger partial charge in [0.15, 0.2) is 0 Å². The maximum absolute atomic E-state index is 5.93. The fraction of sp³-hybridized carbons (Fsp3) is 0.269. The Bertz CT molecular complexity index is 2600. The molecule has 0 aliphatic carbocycles. The van der Waals surface area contributed by atoms with Gasteiger partial charge in [0, 0.05) is 37.6 Å². The van der Waals surface area contributed by atoms with Crippen molar-refractivity contribution < 1.29 is 24.5 Å². The molecular formula is C52H55GeIrN3O-2. The second-order valence-electron chi connectivity index (χ2n) is 17.4. The molecule has 1 radical (unpaired) electrons. The fourth-order valence-electron chi connectivity index (χ4n) is 7.76. The summed E-state index contributed by atoms with van der Waals surface area (Å²) in [5.74, 6) is 9.49. The second-order valence-corrected chi connectivity index (χ2v) is 27.9. The van der Waals surface area contributed by atoms with E-state index in [1.807, 2.05) is 18.2 Å². The van der Waals surface area contributed by atoms with Crippen molar-refractivity contribution in [1.82, 2.24) is 14.5 Å². The van der Waals surface area contributed by atoms with Gasteiger partial charge in [-0.1, -0.05) is 98.8 Å². The van der Waals surface area contributed by atoms with E-state index in [-0.39, 0.29) is 20.1 Å². The fourth-order valence-corrected chi connectivity index (χ4v) is 11.1. The third-order valence-corrected chi connectivity index (χ3v) is 14.9. The average Bonchev–Trinajstić information content (AvgIpc) is 3.78. The molecular weight excluding hydrogens is 947 g/mol. The van der Waals surface area contributed by atoms with E-state index in [1.54, 1.807) is 4.40 Å². The van der Waals surface area contributed by atoms with Gasteiger partial charge in [0.05, 0.1) is 16.9 Å². The molecule has 0 amide bonds. The summed E-state index contributed by atoms with van der Waals surface area (Å²) in [5.41, 5.74) is 14.9. The number of imidazole rings is 1. The molecule has 5 aromatic carbocycles. The molecule has 58 heavy (non-hydrogen) atoms. The summed E-state index contributed by atoms with van der Waals surface area (Å²) < 4.78 is 9.81. The molecule has 0 aliphatic rings. The average molecular weight is 1000 g/mol. The van der Waals surface area contributed by atoms with Gasteiger partial charge in [-0.05, 0) is 65.3 Å². The minimum absolute atomic E-state index is 0. The van der Waals surface area contributed by atoms with E-state index in [1.165, 1.54) is 33.5 Å². The van der Waals surface area contributed by atoms with Gasteiger partial charge < -0.3 is 8.98 Å². The molecule has 8 aromatic rings. The molecule has 3 aromatic heterocycles. The SMILES string of the molecule is CC(C)Cc1cc(-c2[c-]cccc2)nc[c]1[Ge]([CH3])([CH3])[CH3].Cc1ccc2c(-c3nc4ccccc4n3-c3c(C(C)C)cc(-c4ccccc4)cc3C(C)C)[c-]oc2c1.[Ir]. The number of benzene rings is 5. The molecule has 0 fully saturated rings. The number of para-hydroxylation sites is 2. The van der Waals surface area contributed by atoms with Gasteiger partial charge >= 0.3 is 126 Å².